The largest absolute Gasteiger partial charge is 0.368 e. The molecule has 0 aromatic carbocycles. The van der Waals surface area contributed by atoms with Crippen molar-refractivity contribution in [3.8, 4) is 0 Å². The quantitative estimate of drug-likeness (QED) is 0.610. The molecule has 0 spiro atoms. The van der Waals surface area contributed by atoms with Crippen molar-refractivity contribution in [2.24, 2.45) is 5.73 Å². The van der Waals surface area contributed by atoms with Crippen molar-refractivity contribution < 1.29 is 4.79 Å². The number of carbonyl (C=O) groups excluding carboxylic acids is 1. The summed E-state index contributed by atoms with van der Waals surface area (Å²) in [5.74, 6) is 0.941. The molecule has 0 aromatic heterocycles. The number of hydrogen-bond acceptors (Lipinski definition) is 4. The minimum Gasteiger partial charge on any atom is -0.368 e. The average Bonchev–Trinajstić information content (AvgIpc) is 2.19. The number of thioether (sulfide) groups is 1. The highest BCUT2D eigenvalue weighted by Gasteiger charge is 2.25. The van der Waals surface area contributed by atoms with E-state index in [0.29, 0.717) is 6.54 Å². The van der Waals surface area contributed by atoms with E-state index >= 15 is 0 Å². The molecule has 1 saturated heterocycles. The lowest BCUT2D eigenvalue weighted by Gasteiger charge is -2.33. The first-order chi connectivity index (χ1) is 6.75. The first kappa shape index (κ1) is 11.8. The van der Waals surface area contributed by atoms with Crippen LogP contribution in [-0.2, 0) is 4.79 Å². The van der Waals surface area contributed by atoms with Gasteiger partial charge in [0.25, 0.3) is 0 Å². The molecule has 1 amide bonds. The molecule has 4 nitrogen and oxygen atoms in total. The molecule has 14 heavy (non-hydrogen) atoms. The highest BCUT2D eigenvalue weighted by atomic mass is 32.2. The van der Waals surface area contributed by atoms with Gasteiger partial charge in [0.05, 0.1) is 0 Å². The Morgan fingerprint density at radius 1 is 1.71 bits per heavy atom. The van der Waals surface area contributed by atoms with Crippen LogP contribution in [0.3, 0.4) is 0 Å². The van der Waals surface area contributed by atoms with Gasteiger partial charge in [-0.15, -0.1) is 0 Å². The summed E-state index contributed by atoms with van der Waals surface area (Å²) in [6, 6.07) is -0.106. The number of piperazine rings is 1. The minimum absolute atomic E-state index is 0.106. The maximum absolute atomic E-state index is 11.1. The molecule has 82 valence electrons. The normalized spacial score (nSPS) is 23.6. The molecular formula is C9H19N3OS. The number of carbonyl (C=O) groups is 1. The predicted octanol–water partition coefficient (Wildman–Crippen LogP) is -0.501. The first-order valence-electron chi connectivity index (χ1n) is 4.98. The van der Waals surface area contributed by atoms with Gasteiger partial charge in [-0.1, -0.05) is 0 Å². The van der Waals surface area contributed by atoms with Crippen molar-refractivity contribution >= 4 is 17.7 Å². The monoisotopic (exact) mass is 217 g/mol. The van der Waals surface area contributed by atoms with Gasteiger partial charge in [-0.05, 0) is 25.0 Å². The summed E-state index contributed by atoms with van der Waals surface area (Å²) < 4.78 is 0. The molecule has 1 aliphatic heterocycles. The Labute approximate surface area is 89.6 Å². The lowest BCUT2D eigenvalue weighted by molar-refractivity contribution is -0.123. The van der Waals surface area contributed by atoms with Crippen LogP contribution in [0, 0.1) is 0 Å². The molecule has 0 radical (unpaired) electrons. The van der Waals surface area contributed by atoms with Crippen LogP contribution in [0.2, 0.25) is 0 Å². The Bertz CT molecular complexity index is 189. The van der Waals surface area contributed by atoms with Gasteiger partial charge >= 0.3 is 0 Å². The summed E-state index contributed by atoms with van der Waals surface area (Å²) in [6.45, 7) is 3.58. The SMILES string of the molecule is CSCCCN1CCNCC1C(N)=O. The molecule has 0 bridgehead atoms. The van der Waals surface area contributed by atoms with Crippen molar-refractivity contribution in [2.45, 2.75) is 12.5 Å². The third-order valence-corrected chi connectivity index (χ3v) is 3.17. The van der Waals surface area contributed by atoms with Crippen molar-refractivity contribution in [3.05, 3.63) is 0 Å². The van der Waals surface area contributed by atoms with Crippen molar-refractivity contribution in [1.82, 2.24) is 10.2 Å². The second-order valence-electron chi connectivity index (χ2n) is 3.50. The summed E-state index contributed by atoms with van der Waals surface area (Å²) >= 11 is 1.84. The smallest absolute Gasteiger partial charge is 0.236 e. The van der Waals surface area contributed by atoms with E-state index in [-0.39, 0.29) is 11.9 Å². The lowest BCUT2D eigenvalue weighted by Crippen LogP contribution is -2.57. The van der Waals surface area contributed by atoms with Gasteiger partial charge in [-0.25, -0.2) is 0 Å². The van der Waals surface area contributed by atoms with Crippen LogP contribution >= 0.6 is 11.8 Å². The van der Waals surface area contributed by atoms with Gasteiger partial charge in [-0.2, -0.15) is 11.8 Å². The Kier molecular flexibility index (Phi) is 5.29. The summed E-state index contributed by atoms with van der Waals surface area (Å²) in [7, 11) is 0. The predicted molar refractivity (Wildman–Crippen MR) is 60.4 cm³/mol. The van der Waals surface area contributed by atoms with Gasteiger partial charge in [0, 0.05) is 19.6 Å². The van der Waals surface area contributed by atoms with E-state index in [1.165, 1.54) is 0 Å². The Balaban J connectivity index is 2.34. The molecule has 1 aliphatic rings. The summed E-state index contributed by atoms with van der Waals surface area (Å²) in [5, 5.41) is 3.19. The molecule has 1 fully saturated rings. The topological polar surface area (TPSA) is 58.4 Å². The molecular weight excluding hydrogens is 198 g/mol. The molecule has 0 saturated carbocycles. The molecule has 0 aliphatic carbocycles. The number of nitrogens with two attached hydrogens (primary N) is 1. The fourth-order valence-electron chi connectivity index (χ4n) is 1.71. The fraction of sp³-hybridized carbons (Fsp3) is 0.889. The summed E-state index contributed by atoms with van der Waals surface area (Å²) in [4.78, 5) is 13.3. The van der Waals surface area contributed by atoms with Crippen LogP contribution in [0.15, 0.2) is 0 Å². The Morgan fingerprint density at radius 2 is 2.50 bits per heavy atom. The van der Waals surface area contributed by atoms with E-state index in [9.17, 15) is 4.79 Å². The number of nitrogens with zero attached hydrogens (tertiary/aromatic N) is 1. The van der Waals surface area contributed by atoms with Crippen molar-refractivity contribution in [3.63, 3.8) is 0 Å². The van der Waals surface area contributed by atoms with E-state index < -0.39 is 0 Å². The number of amides is 1. The molecule has 1 heterocycles. The van der Waals surface area contributed by atoms with E-state index in [0.717, 1.165) is 31.8 Å². The van der Waals surface area contributed by atoms with E-state index in [2.05, 4.69) is 16.5 Å². The van der Waals surface area contributed by atoms with Crippen LogP contribution in [0.1, 0.15) is 6.42 Å². The summed E-state index contributed by atoms with van der Waals surface area (Å²) in [6.07, 6.45) is 3.23. The molecule has 0 aromatic rings. The number of hydrogen-bond donors (Lipinski definition) is 2. The van der Waals surface area contributed by atoms with Crippen LogP contribution in [0.4, 0.5) is 0 Å². The molecule has 1 rings (SSSR count). The summed E-state index contributed by atoms with van der Waals surface area (Å²) in [5.41, 5.74) is 5.34. The fourth-order valence-corrected chi connectivity index (χ4v) is 2.12. The van der Waals surface area contributed by atoms with Gasteiger partial charge in [-0.3, -0.25) is 9.69 Å². The second kappa shape index (κ2) is 6.27. The minimum atomic E-state index is -0.207. The Hall–Kier alpha value is -0.260. The molecule has 3 N–H and O–H groups in total. The van der Waals surface area contributed by atoms with E-state index in [1.807, 2.05) is 11.8 Å². The van der Waals surface area contributed by atoms with Crippen LogP contribution in [-0.4, -0.2) is 55.0 Å². The third-order valence-electron chi connectivity index (χ3n) is 2.48. The zero-order chi connectivity index (χ0) is 10.4. The lowest BCUT2D eigenvalue weighted by atomic mass is 10.2. The van der Waals surface area contributed by atoms with Gasteiger partial charge in [0.15, 0.2) is 0 Å². The zero-order valence-corrected chi connectivity index (χ0v) is 9.48. The maximum Gasteiger partial charge on any atom is 0.236 e. The number of rotatable bonds is 5. The van der Waals surface area contributed by atoms with Gasteiger partial charge in [0.2, 0.25) is 5.91 Å². The molecule has 1 atom stereocenters. The third kappa shape index (κ3) is 3.48. The number of primary amides is 1. The molecule has 1 unspecified atom stereocenters. The standard InChI is InChI=1S/C9H19N3OS/c1-14-6-2-4-12-5-3-11-7-8(12)9(10)13/h8,11H,2-7H2,1H3,(H2,10,13). The van der Waals surface area contributed by atoms with E-state index in [1.54, 1.807) is 0 Å². The Morgan fingerprint density at radius 3 is 3.14 bits per heavy atom. The van der Waals surface area contributed by atoms with Crippen LogP contribution in [0.5, 0.6) is 0 Å². The second-order valence-corrected chi connectivity index (χ2v) is 4.49. The van der Waals surface area contributed by atoms with Crippen LogP contribution in [0.25, 0.3) is 0 Å². The zero-order valence-electron chi connectivity index (χ0n) is 8.66. The number of nitrogens with one attached hydrogen (secondary N) is 1. The first-order valence-corrected chi connectivity index (χ1v) is 6.38. The highest BCUT2D eigenvalue weighted by Crippen LogP contribution is 2.05. The molecule has 5 heteroatoms. The maximum atomic E-state index is 11.1. The highest BCUT2D eigenvalue weighted by molar-refractivity contribution is 7.98. The van der Waals surface area contributed by atoms with Crippen molar-refractivity contribution in [2.75, 3.05) is 38.2 Å². The van der Waals surface area contributed by atoms with Gasteiger partial charge in [0.1, 0.15) is 6.04 Å². The van der Waals surface area contributed by atoms with Crippen molar-refractivity contribution in [1.29, 1.82) is 0 Å². The van der Waals surface area contributed by atoms with Gasteiger partial charge < -0.3 is 11.1 Å². The van der Waals surface area contributed by atoms with Crippen LogP contribution < -0.4 is 11.1 Å². The average molecular weight is 217 g/mol. The van der Waals surface area contributed by atoms with E-state index in [4.69, 9.17) is 5.73 Å².